The summed E-state index contributed by atoms with van der Waals surface area (Å²) in [6.07, 6.45) is 6.43. The largest absolute Gasteiger partial charge is 0.496 e. The third-order valence-corrected chi connectivity index (χ3v) is 4.85. The summed E-state index contributed by atoms with van der Waals surface area (Å²) < 4.78 is 11.1. The van der Waals surface area contributed by atoms with Gasteiger partial charge >= 0.3 is 0 Å². The number of benzene rings is 1. The Labute approximate surface area is 132 Å². The van der Waals surface area contributed by atoms with Gasteiger partial charge in [-0.15, -0.1) is 0 Å². The van der Waals surface area contributed by atoms with Gasteiger partial charge in [0.2, 0.25) is 0 Å². The number of hydrogen-bond acceptors (Lipinski definition) is 3. The number of aliphatic hydroxyl groups excluding tert-OH is 1. The lowest BCUT2D eigenvalue weighted by Gasteiger charge is -2.36. The SMILES string of the molecule is COc1ccc(Cl)cc1CC(O)C1(OC)CCCCCC1. The van der Waals surface area contributed by atoms with Gasteiger partial charge in [0.05, 0.1) is 18.8 Å². The van der Waals surface area contributed by atoms with Gasteiger partial charge in [-0.05, 0) is 36.6 Å². The van der Waals surface area contributed by atoms with Crippen LogP contribution in [0.3, 0.4) is 0 Å². The van der Waals surface area contributed by atoms with Crippen molar-refractivity contribution in [2.24, 2.45) is 0 Å². The van der Waals surface area contributed by atoms with Crippen LogP contribution < -0.4 is 4.74 Å². The Bertz CT molecular complexity index is 453. The average Bonchev–Trinajstić information content (AvgIpc) is 2.74. The summed E-state index contributed by atoms with van der Waals surface area (Å²) in [7, 11) is 3.35. The van der Waals surface area contributed by atoms with Crippen LogP contribution in [0.2, 0.25) is 5.02 Å². The number of ether oxygens (including phenoxy) is 2. The van der Waals surface area contributed by atoms with E-state index in [4.69, 9.17) is 21.1 Å². The van der Waals surface area contributed by atoms with Crippen molar-refractivity contribution < 1.29 is 14.6 Å². The summed E-state index contributed by atoms with van der Waals surface area (Å²) in [5, 5.41) is 11.4. The minimum atomic E-state index is -0.548. The molecule has 1 unspecified atom stereocenters. The molecule has 4 heteroatoms. The van der Waals surface area contributed by atoms with E-state index in [1.165, 1.54) is 12.8 Å². The topological polar surface area (TPSA) is 38.7 Å². The van der Waals surface area contributed by atoms with Crippen molar-refractivity contribution in [3.63, 3.8) is 0 Å². The van der Waals surface area contributed by atoms with E-state index in [-0.39, 0.29) is 0 Å². The van der Waals surface area contributed by atoms with E-state index in [2.05, 4.69) is 0 Å². The molecule has 0 bridgehead atoms. The Morgan fingerprint density at radius 2 is 1.86 bits per heavy atom. The highest BCUT2D eigenvalue weighted by Gasteiger charge is 2.38. The Hall–Kier alpha value is -0.770. The van der Waals surface area contributed by atoms with Crippen LogP contribution in [0.1, 0.15) is 44.1 Å². The van der Waals surface area contributed by atoms with Crippen LogP contribution in [0.15, 0.2) is 18.2 Å². The quantitative estimate of drug-likeness (QED) is 0.835. The second-order valence-electron chi connectivity index (χ2n) is 5.86. The van der Waals surface area contributed by atoms with Crippen molar-refractivity contribution >= 4 is 11.6 Å². The second-order valence-corrected chi connectivity index (χ2v) is 6.30. The van der Waals surface area contributed by atoms with Gasteiger partial charge in [-0.25, -0.2) is 0 Å². The highest BCUT2D eigenvalue weighted by atomic mass is 35.5. The lowest BCUT2D eigenvalue weighted by atomic mass is 9.84. The molecule has 1 aliphatic rings. The first-order valence-corrected chi connectivity index (χ1v) is 8.05. The molecule has 0 heterocycles. The molecule has 1 atom stereocenters. The zero-order valence-corrected chi connectivity index (χ0v) is 13.7. The summed E-state index contributed by atoms with van der Waals surface area (Å²) in [4.78, 5) is 0. The van der Waals surface area contributed by atoms with Gasteiger partial charge in [-0.2, -0.15) is 0 Å². The fourth-order valence-corrected chi connectivity index (χ4v) is 3.50. The van der Waals surface area contributed by atoms with Gasteiger partial charge in [-0.1, -0.05) is 37.3 Å². The molecule has 1 aromatic carbocycles. The lowest BCUT2D eigenvalue weighted by Crippen LogP contribution is -2.45. The molecule has 0 amide bonds. The van der Waals surface area contributed by atoms with Crippen LogP contribution in [-0.2, 0) is 11.2 Å². The fraction of sp³-hybridized carbons (Fsp3) is 0.647. The Morgan fingerprint density at radius 1 is 1.19 bits per heavy atom. The van der Waals surface area contributed by atoms with Gasteiger partial charge < -0.3 is 14.6 Å². The number of hydrogen-bond donors (Lipinski definition) is 1. The van der Waals surface area contributed by atoms with Gasteiger partial charge in [0, 0.05) is 18.6 Å². The molecule has 0 spiro atoms. The summed E-state index contributed by atoms with van der Waals surface area (Å²) in [5.74, 6) is 0.762. The van der Waals surface area contributed by atoms with Crippen LogP contribution in [0.4, 0.5) is 0 Å². The first-order valence-electron chi connectivity index (χ1n) is 7.67. The number of aliphatic hydroxyl groups is 1. The average molecular weight is 313 g/mol. The summed E-state index contributed by atoms with van der Waals surface area (Å²) in [6.45, 7) is 0. The Morgan fingerprint density at radius 3 is 2.43 bits per heavy atom. The summed E-state index contributed by atoms with van der Waals surface area (Å²) >= 11 is 6.07. The third-order valence-electron chi connectivity index (χ3n) is 4.62. The van der Waals surface area contributed by atoms with E-state index in [1.807, 2.05) is 12.1 Å². The summed E-state index contributed by atoms with van der Waals surface area (Å²) in [6, 6.07) is 5.51. The molecule has 0 aromatic heterocycles. The van der Waals surface area contributed by atoms with Gasteiger partial charge in [0.1, 0.15) is 5.75 Å². The molecule has 118 valence electrons. The fourth-order valence-electron chi connectivity index (χ4n) is 3.30. The third kappa shape index (κ3) is 3.91. The molecule has 0 aliphatic heterocycles. The number of rotatable bonds is 5. The van der Waals surface area contributed by atoms with Crippen molar-refractivity contribution in [3.05, 3.63) is 28.8 Å². The van der Waals surface area contributed by atoms with Crippen molar-refractivity contribution in [1.29, 1.82) is 0 Å². The van der Waals surface area contributed by atoms with Crippen molar-refractivity contribution in [3.8, 4) is 5.75 Å². The minimum Gasteiger partial charge on any atom is -0.496 e. The molecule has 1 saturated carbocycles. The van der Waals surface area contributed by atoms with Gasteiger partial charge in [0.15, 0.2) is 0 Å². The Balaban J connectivity index is 2.18. The standard InChI is InChI=1S/C17H25ClO3/c1-20-15-8-7-14(18)11-13(15)12-16(19)17(21-2)9-5-3-4-6-10-17/h7-8,11,16,19H,3-6,9-10,12H2,1-2H3. The second kappa shape index (κ2) is 7.48. The molecule has 0 saturated heterocycles. The maximum Gasteiger partial charge on any atom is 0.122 e. The van der Waals surface area contributed by atoms with Crippen LogP contribution in [0.5, 0.6) is 5.75 Å². The molecular weight excluding hydrogens is 288 g/mol. The zero-order chi connectivity index (χ0) is 15.3. The van der Waals surface area contributed by atoms with E-state index < -0.39 is 11.7 Å². The summed E-state index contributed by atoms with van der Waals surface area (Å²) in [5.41, 5.74) is 0.488. The lowest BCUT2D eigenvalue weighted by molar-refractivity contribution is -0.111. The number of halogens is 1. The van der Waals surface area contributed by atoms with Crippen LogP contribution in [0, 0.1) is 0 Å². The predicted molar refractivity (Wildman–Crippen MR) is 85.2 cm³/mol. The molecule has 21 heavy (non-hydrogen) atoms. The maximum atomic E-state index is 10.8. The van der Waals surface area contributed by atoms with Gasteiger partial charge in [0.25, 0.3) is 0 Å². The highest BCUT2D eigenvalue weighted by molar-refractivity contribution is 6.30. The van der Waals surface area contributed by atoms with E-state index in [1.54, 1.807) is 20.3 Å². The van der Waals surface area contributed by atoms with Gasteiger partial charge in [-0.3, -0.25) is 0 Å². The minimum absolute atomic E-state index is 0.441. The maximum absolute atomic E-state index is 10.8. The van der Waals surface area contributed by atoms with E-state index in [0.29, 0.717) is 11.4 Å². The molecule has 0 radical (unpaired) electrons. The Kier molecular flexibility index (Phi) is 5.91. The predicted octanol–water partition coefficient (Wildman–Crippen LogP) is 3.99. The molecule has 1 N–H and O–H groups in total. The van der Waals surface area contributed by atoms with Crippen LogP contribution in [-0.4, -0.2) is 31.0 Å². The van der Waals surface area contributed by atoms with E-state index in [9.17, 15) is 5.11 Å². The monoisotopic (exact) mass is 312 g/mol. The molecule has 1 fully saturated rings. The van der Waals surface area contributed by atoms with Crippen LogP contribution in [0.25, 0.3) is 0 Å². The first-order chi connectivity index (χ1) is 10.1. The number of methoxy groups -OCH3 is 2. The zero-order valence-electron chi connectivity index (χ0n) is 12.9. The molecule has 2 rings (SSSR count). The molecule has 1 aliphatic carbocycles. The van der Waals surface area contributed by atoms with E-state index in [0.717, 1.165) is 37.0 Å². The van der Waals surface area contributed by atoms with Crippen LogP contribution >= 0.6 is 11.6 Å². The smallest absolute Gasteiger partial charge is 0.122 e. The van der Waals surface area contributed by atoms with Crippen molar-refractivity contribution in [2.75, 3.05) is 14.2 Å². The van der Waals surface area contributed by atoms with E-state index >= 15 is 0 Å². The molecule has 3 nitrogen and oxygen atoms in total. The first kappa shape index (κ1) is 16.6. The molecule has 1 aromatic rings. The van der Waals surface area contributed by atoms with Crippen molar-refractivity contribution in [1.82, 2.24) is 0 Å². The van der Waals surface area contributed by atoms with Crippen molar-refractivity contribution in [2.45, 2.75) is 56.7 Å². The highest BCUT2D eigenvalue weighted by Crippen LogP contribution is 2.35. The normalized spacial score (nSPS) is 19.8. The molecular formula is C17H25ClO3.